The van der Waals surface area contributed by atoms with Crippen molar-refractivity contribution in [2.45, 2.75) is 0 Å². The molecule has 0 bridgehead atoms. The second-order valence-corrected chi connectivity index (χ2v) is 2.52. The van der Waals surface area contributed by atoms with Crippen LogP contribution in [0.5, 0.6) is 0 Å². The van der Waals surface area contributed by atoms with Crippen LogP contribution >= 0.6 is 0 Å². The molecule has 1 aromatic carbocycles. The minimum atomic E-state index is -1.01. The zero-order valence-electron chi connectivity index (χ0n) is 6.95. The first kappa shape index (κ1) is 9.86. The van der Waals surface area contributed by atoms with Crippen molar-refractivity contribution in [3.05, 3.63) is 34.6 Å². The minimum absolute atomic E-state index is 0.0160. The van der Waals surface area contributed by atoms with E-state index in [0.717, 1.165) is 12.1 Å². The minimum Gasteiger partial charge on any atom is -0.366 e. The third-order valence-corrected chi connectivity index (χ3v) is 1.62. The monoisotopic (exact) mass is 192 g/mol. The number of carbonyl (C=O) groups is 2. The fourth-order valence-electron chi connectivity index (χ4n) is 0.977. The summed E-state index contributed by atoms with van der Waals surface area (Å²) in [6.45, 7) is 0. The molecule has 0 aliphatic rings. The van der Waals surface area contributed by atoms with Crippen LogP contribution in [0.25, 0.3) is 0 Å². The Morgan fingerprint density at radius 2 is 2.21 bits per heavy atom. The van der Waals surface area contributed by atoms with E-state index in [1.165, 1.54) is 0 Å². The number of nitrogens with two attached hydrogens (primary N) is 1. The van der Waals surface area contributed by atoms with Gasteiger partial charge in [0.15, 0.2) is 6.29 Å². The largest absolute Gasteiger partial charge is 0.366 e. The maximum atomic E-state index is 13.2. The number of primary amides is 1. The van der Waals surface area contributed by atoms with Crippen LogP contribution in [0.3, 0.4) is 0 Å². The van der Waals surface area contributed by atoms with Crippen molar-refractivity contribution in [2.75, 3.05) is 0 Å². The molecule has 70 valence electrons. The summed E-state index contributed by atoms with van der Waals surface area (Å²) in [5.74, 6) is -2.01. The molecule has 0 aliphatic heterocycles. The summed E-state index contributed by atoms with van der Waals surface area (Å²) in [5.41, 5.74) is 4.07. The molecule has 0 aliphatic carbocycles. The summed E-state index contributed by atoms with van der Waals surface area (Å²) < 4.78 is 13.2. The van der Waals surface area contributed by atoms with E-state index in [1.807, 2.05) is 0 Å². The molecule has 0 atom stereocenters. The predicted molar refractivity (Wildman–Crippen MR) is 45.0 cm³/mol. The molecule has 0 heterocycles. The summed E-state index contributed by atoms with van der Waals surface area (Å²) in [4.78, 5) is 21.1. The lowest BCUT2D eigenvalue weighted by molar-refractivity contribution is 0.0996. The van der Waals surface area contributed by atoms with E-state index < -0.39 is 17.3 Å². The van der Waals surface area contributed by atoms with Crippen molar-refractivity contribution in [2.24, 2.45) is 5.73 Å². The average molecular weight is 192 g/mol. The van der Waals surface area contributed by atoms with Gasteiger partial charge in [0.2, 0.25) is 0 Å². The Morgan fingerprint density at radius 3 is 2.64 bits per heavy atom. The van der Waals surface area contributed by atoms with Crippen LogP contribution in [0, 0.1) is 17.1 Å². The van der Waals surface area contributed by atoms with Gasteiger partial charge in [0.1, 0.15) is 5.82 Å². The average Bonchev–Trinajstić information content (AvgIpc) is 2.17. The molecule has 0 radical (unpaired) electrons. The number of rotatable bonds is 2. The van der Waals surface area contributed by atoms with Gasteiger partial charge in [-0.2, -0.15) is 5.26 Å². The first-order chi connectivity index (χ1) is 6.60. The zero-order valence-corrected chi connectivity index (χ0v) is 6.95. The molecule has 4 nitrogen and oxygen atoms in total. The van der Waals surface area contributed by atoms with Gasteiger partial charge in [-0.3, -0.25) is 9.59 Å². The number of nitrogens with zero attached hydrogens (tertiary/aromatic N) is 1. The molecule has 0 spiro atoms. The van der Waals surface area contributed by atoms with E-state index in [2.05, 4.69) is 0 Å². The Kier molecular flexibility index (Phi) is 2.58. The van der Waals surface area contributed by atoms with E-state index in [1.54, 1.807) is 6.07 Å². The van der Waals surface area contributed by atoms with Crippen LogP contribution in [0.15, 0.2) is 12.1 Å². The third-order valence-electron chi connectivity index (χ3n) is 1.62. The highest BCUT2D eigenvalue weighted by Gasteiger charge is 2.14. The van der Waals surface area contributed by atoms with E-state index in [-0.39, 0.29) is 17.4 Å². The number of halogens is 1. The number of hydrogen-bond donors (Lipinski definition) is 1. The van der Waals surface area contributed by atoms with Crippen LogP contribution < -0.4 is 5.73 Å². The lowest BCUT2D eigenvalue weighted by atomic mass is 10.1. The summed E-state index contributed by atoms with van der Waals surface area (Å²) in [7, 11) is 0. The standard InChI is InChI=1S/C9H5FN2O2/c10-8-6(4-13)1-5(3-11)2-7(8)9(12)14/h1-2,4H,(H2,12,14). The molecule has 0 saturated heterocycles. The van der Waals surface area contributed by atoms with Crippen LogP contribution in [0.1, 0.15) is 26.3 Å². The fraction of sp³-hybridized carbons (Fsp3) is 0. The summed E-state index contributed by atoms with van der Waals surface area (Å²) in [5, 5.41) is 8.51. The van der Waals surface area contributed by atoms with E-state index in [0.29, 0.717) is 0 Å². The van der Waals surface area contributed by atoms with Gasteiger partial charge < -0.3 is 5.73 Å². The van der Waals surface area contributed by atoms with Gasteiger partial charge in [0.25, 0.3) is 5.91 Å². The topological polar surface area (TPSA) is 83.9 Å². The van der Waals surface area contributed by atoms with Crippen molar-refractivity contribution in [1.82, 2.24) is 0 Å². The summed E-state index contributed by atoms with van der Waals surface area (Å²) in [6.07, 6.45) is 0.225. The van der Waals surface area contributed by atoms with Crippen molar-refractivity contribution >= 4 is 12.2 Å². The van der Waals surface area contributed by atoms with Gasteiger partial charge in [0.05, 0.1) is 22.8 Å². The molecule has 0 fully saturated rings. The molecule has 2 N–H and O–H groups in total. The SMILES string of the molecule is N#Cc1cc(C=O)c(F)c(C(N)=O)c1. The number of benzene rings is 1. The zero-order chi connectivity index (χ0) is 10.7. The second-order valence-electron chi connectivity index (χ2n) is 2.52. The molecule has 5 heteroatoms. The van der Waals surface area contributed by atoms with Gasteiger partial charge in [-0.25, -0.2) is 4.39 Å². The number of aldehydes is 1. The third kappa shape index (κ3) is 1.59. The highest BCUT2D eigenvalue weighted by atomic mass is 19.1. The van der Waals surface area contributed by atoms with E-state index >= 15 is 0 Å². The molecular weight excluding hydrogens is 187 g/mol. The normalized spacial score (nSPS) is 9.14. The van der Waals surface area contributed by atoms with Crippen LogP contribution in [-0.4, -0.2) is 12.2 Å². The lowest BCUT2D eigenvalue weighted by Crippen LogP contribution is -2.14. The van der Waals surface area contributed by atoms with E-state index in [9.17, 15) is 14.0 Å². The van der Waals surface area contributed by atoms with Crippen molar-refractivity contribution in [3.8, 4) is 6.07 Å². The summed E-state index contributed by atoms with van der Waals surface area (Å²) >= 11 is 0. The number of carbonyl (C=O) groups excluding carboxylic acids is 2. The molecule has 0 unspecified atom stereocenters. The van der Waals surface area contributed by atoms with Crippen LogP contribution in [0.2, 0.25) is 0 Å². The Morgan fingerprint density at radius 1 is 1.57 bits per heavy atom. The highest BCUT2D eigenvalue weighted by molar-refractivity contribution is 5.95. The maximum absolute atomic E-state index is 13.2. The van der Waals surface area contributed by atoms with Gasteiger partial charge >= 0.3 is 0 Å². The number of nitriles is 1. The molecule has 0 saturated carbocycles. The van der Waals surface area contributed by atoms with Crippen LogP contribution in [-0.2, 0) is 0 Å². The molecule has 1 rings (SSSR count). The Bertz CT molecular complexity index is 449. The van der Waals surface area contributed by atoms with Crippen molar-refractivity contribution < 1.29 is 14.0 Å². The van der Waals surface area contributed by atoms with Crippen LogP contribution in [0.4, 0.5) is 4.39 Å². The van der Waals surface area contributed by atoms with Gasteiger partial charge in [0, 0.05) is 0 Å². The fourth-order valence-corrected chi connectivity index (χ4v) is 0.977. The molecule has 1 amide bonds. The number of hydrogen-bond acceptors (Lipinski definition) is 3. The predicted octanol–water partition coefficient (Wildman–Crippen LogP) is 0.609. The molecule has 0 aromatic heterocycles. The maximum Gasteiger partial charge on any atom is 0.251 e. The van der Waals surface area contributed by atoms with Gasteiger partial charge in [-0.05, 0) is 12.1 Å². The lowest BCUT2D eigenvalue weighted by Gasteiger charge is -2.01. The quantitative estimate of drug-likeness (QED) is 0.696. The highest BCUT2D eigenvalue weighted by Crippen LogP contribution is 2.14. The Labute approximate surface area is 78.7 Å². The summed E-state index contributed by atoms with van der Waals surface area (Å²) in [6, 6.07) is 3.75. The number of amides is 1. The van der Waals surface area contributed by atoms with Crippen molar-refractivity contribution in [3.63, 3.8) is 0 Å². The Balaban J connectivity index is 3.51. The smallest absolute Gasteiger partial charge is 0.251 e. The Hall–Kier alpha value is -2.22. The molecular formula is C9H5FN2O2. The first-order valence-electron chi connectivity index (χ1n) is 3.58. The van der Waals surface area contributed by atoms with Gasteiger partial charge in [-0.15, -0.1) is 0 Å². The van der Waals surface area contributed by atoms with Gasteiger partial charge in [-0.1, -0.05) is 0 Å². The van der Waals surface area contributed by atoms with Crippen molar-refractivity contribution in [1.29, 1.82) is 5.26 Å². The molecule has 1 aromatic rings. The van der Waals surface area contributed by atoms with E-state index in [4.69, 9.17) is 11.0 Å². The second kappa shape index (κ2) is 3.66. The molecule has 14 heavy (non-hydrogen) atoms. The first-order valence-corrected chi connectivity index (χ1v) is 3.58.